The van der Waals surface area contributed by atoms with Crippen LogP contribution in [-0.2, 0) is 27.2 Å². The standard InChI is InChI=1S/C30H31ClO6S/c1-2-12-36-23-9-6-19(7-10-23)13-22-16-21(8-11-25(22)31)27-17-26(32)30(35)28(37-27)18-38-24-5-3-4-20(14-24)15-29(33)34/h3-11,14,16,27-28,30,35H,2,12-13,15,17-18H2,1H3,(H,33,34). The molecule has 1 saturated heterocycles. The van der Waals surface area contributed by atoms with Crippen LogP contribution in [0.4, 0.5) is 0 Å². The highest BCUT2D eigenvalue weighted by Gasteiger charge is 2.37. The summed E-state index contributed by atoms with van der Waals surface area (Å²) in [5, 5.41) is 20.2. The topological polar surface area (TPSA) is 93.1 Å². The van der Waals surface area contributed by atoms with Crippen LogP contribution in [0.1, 0.15) is 48.1 Å². The summed E-state index contributed by atoms with van der Waals surface area (Å²) in [7, 11) is 0. The first kappa shape index (κ1) is 28.2. The molecule has 1 aliphatic heterocycles. The van der Waals surface area contributed by atoms with Crippen LogP contribution in [0.5, 0.6) is 5.75 Å². The minimum atomic E-state index is -1.21. The van der Waals surface area contributed by atoms with E-state index in [0.29, 0.717) is 29.4 Å². The van der Waals surface area contributed by atoms with Gasteiger partial charge < -0.3 is 19.7 Å². The molecule has 0 aliphatic carbocycles. The highest BCUT2D eigenvalue weighted by molar-refractivity contribution is 7.99. The lowest BCUT2D eigenvalue weighted by molar-refractivity contribution is -0.155. The molecule has 3 aromatic rings. The molecule has 1 fully saturated rings. The number of hydrogen-bond donors (Lipinski definition) is 2. The first-order valence-corrected chi connectivity index (χ1v) is 14.0. The summed E-state index contributed by atoms with van der Waals surface area (Å²) in [5.41, 5.74) is 3.54. The van der Waals surface area contributed by atoms with Crippen molar-refractivity contribution in [3.05, 3.63) is 94.0 Å². The SMILES string of the molecule is CCCOc1ccc(Cc2cc(C3CC(=O)C(O)C(CSc4cccc(CC(=O)O)c4)O3)ccc2Cl)cc1. The zero-order chi connectivity index (χ0) is 27.1. The monoisotopic (exact) mass is 554 g/mol. The molecule has 1 aliphatic rings. The molecule has 8 heteroatoms. The average molecular weight is 555 g/mol. The molecule has 2 N–H and O–H groups in total. The van der Waals surface area contributed by atoms with Crippen molar-refractivity contribution in [2.45, 2.75) is 55.8 Å². The summed E-state index contributed by atoms with van der Waals surface area (Å²) in [4.78, 5) is 24.6. The lowest BCUT2D eigenvalue weighted by Gasteiger charge is -2.33. The van der Waals surface area contributed by atoms with Gasteiger partial charge in [-0.15, -0.1) is 11.8 Å². The van der Waals surface area contributed by atoms with E-state index < -0.39 is 24.3 Å². The summed E-state index contributed by atoms with van der Waals surface area (Å²) in [5.74, 6) is 0.0329. The number of rotatable bonds is 11. The predicted octanol–water partition coefficient (Wildman–Crippen LogP) is 5.90. The van der Waals surface area contributed by atoms with Gasteiger partial charge in [0.1, 0.15) is 18.0 Å². The smallest absolute Gasteiger partial charge is 0.307 e. The molecule has 200 valence electrons. The van der Waals surface area contributed by atoms with Crippen LogP contribution in [-0.4, -0.2) is 46.5 Å². The predicted molar refractivity (Wildman–Crippen MR) is 148 cm³/mol. The zero-order valence-corrected chi connectivity index (χ0v) is 22.7. The van der Waals surface area contributed by atoms with Crippen molar-refractivity contribution in [2.24, 2.45) is 0 Å². The number of benzene rings is 3. The number of Topliss-reactive ketones (excluding diaryl/α,β-unsaturated/α-hetero) is 1. The van der Waals surface area contributed by atoms with Crippen LogP contribution in [0.2, 0.25) is 5.02 Å². The molecule has 0 amide bonds. The third-order valence-corrected chi connectivity index (χ3v) is 7.76. The summed E-state index contributed by atoms with van der Waals surface area (Å²) >= 11 is 7.94. The Bertz CT molecular complexity index is 1260. The maximum absolute atomic E-state index is 12.7. The molecule has 0 bridgehead atoms. The fraction of sp³-hybridized carbons (Fsp3) is 0.333. The number of aliphatic carboxylic acids is 1. The van der Waals surface area contributed by atoms with Gasteiger partial charge in [-0.2, -0.15) is 0 Å². The Morgan fingerprint density at radius 1 is 1.11 bits per heavy atom. The van der Waals surface area contributed by atoms with Crippen molar-refractivity contribution in [1.29, 1.82) is 0 Å². The number of aliphatic hydroxyl groups is 1. The number of thioether (sulfide) groups is 1. The van der Waals surface area contributed by atoms with Gasteiger partial charge in [0.05, 0.1) is 19.1 Å². The third kappa shape index (κ3) is 7.60. The van der Waals surface area contributed by atoms with Crippen molar-refractivity contribution in [1.82, 2.24) is 0 Å². The highest BCUT2D eigenvalue weighted by atomic mass is 35.5. The second-order valence-corrected chi connectivity index (χ2v) is 10.8. The Labute approximate surface area is 231 Å². The van der Waals surface area contributed by atoms with E-state index in [1.165, 1.54) is 11.8 Å². The molecule has 0 aromatic heterocycles. The number of ether oxygens (including phenoxy) is 2. The minimum absolute atomic E-state index is 0.0623. The van der Waals surface area contributed by atoms with Gasteiger partial charge in [-0.1, -0.05) is 54.9 Å². The quantitative estimate of drug-likeness (QED) is 0.285. The number of ketones is 1. The zero-order valence-electron chi connectivity index (χ0n) is 21.1. The number of halogens is 1. The van der Waals surface area contributed by atoms with Gasteiger partial charge in [0, 0.05) is 22.1 Å². The first-order valence-electron chi connectivity index (χ1n) is 12.6. The molecule has 38 heavy (non-hydrogen) atoms. The summed E-state index contributed by atoms with van der Waals surface area (Å²) in [6, 6.07) is 20.8. The fourth-order valence-corrected chi connectivity index (χ4v) is 5.55. The number of carboxylic acid groups (broad SMARTS) is 1. The van der Waals surface area contributed by atoms with Gasteiger partial charge in [-0.3, -0.25) is 9.59 Å². The third-order valence-electron chi connectivity index (χ3n) is 6.31. The van der Waals surface area contributed by atoms with Crippen LogP contribution in [0.3, 0.4) is 0 Å². The second kappa shape index (κ2) is 13.3. The molecule has 1 heterocycles. The van der Waals surface area contributed by atoms with E-state index in [1.54, 1.807) is 18.2 Å². The number of hydrogen-bond acceptors (Lipinski definition) is 6. The van der Waals surface area contributed by atoms with Gasteiger partial charge in [0.25, 0.3) is 0 Å². The largest absolute Gasteiger partial charge is 0.494 e. The normalized spacial score (nSPS) is 19.3. The van der Waals surface area contributed by atoms with Crippen LogP contribution in [0, 0.1) is 0 Å². The molecule has 3 atom stereocenters. The second-order valence-electron chi connectivity index (χ2n) is 9.33. The first-order chi connectivity index (χ1) is 18.3. The molecular formula is C30H31ClO6S. The Kier molecular flexibility index (Phi) is 9.86. The van der Waals surface area contributed by atoms with Gasteiger partial charge in [0.2, 0.25) is 0 Å². The number of carbonyl (C=O) groups excluding carboxylic acids is 1. The van der Waals surface area contributed by atoms with Gasteiger partial charge >= 0.3 is 5.97 Å². The van der Waals surface area contributed by atoms with Crippen molar-refractivity contribution in [3.63, 3.8) is 0 Å². The minimum Gasteiger partial charge on any atom is -0.494 e. The van der Waals surface area contributed by atoms with Crippen LogP contribution < -0.4 is 4.74 Å². The summed E-state index contributed by atoms with van der Waals surface area (Å²) in [6.45, 7) is 2.75. The molecular weight excluding hydrogens is 524 g/mol. The van der Waals surface area contributed by atoms with E-state index in [1.807, 2.05) is 48.5 Å². The van der Waals surface area contributed by atoms with Crippen molar-refractivity contribution in [2.75, 3.05) is 12.4 Å². The van der Waals surface area contributed by atoms with E-state index in [9.17, 15) is 14.7 Å². The Morgan fingerprint density at radius 2 is 1.89 bits per heavy atom. The Morgan fingerprint density at radius 3 is 2.63 bits per heavy atom. The van der Waals surface area contributed by atoms with E-state index >= 15 is 0 Å². The highest BCUT2D eigenvalue weighted by Crippen LogP contribution is 2.34. The Hall–Kier alpha value is -2.84. The van der Waals surface area contributed by atoms with Crippen molar-refractivity contribution in [3.8, 4) is 5.75 Å². The van der Waals surface area contributed by atoms with E-state index in [-0.39, 0.29) is 18.6 Å². The molecule has 3 aromatic carbocycles. The van der Waals surface area contributed by atoms with E-state index in [4.69, 9.17) is 26.2 Å². The average Bonchev–Trinajstić information content (AvgIpc) is 2.90. The maximum atomic E-state index is 12.7. The van der Waals surface area contributed by atoms with E-state index in [2.05, 4.69) is 6.92 Å². The van der Waals surface area contributed by atoms with Crippen LogP contribution >= 0.6 is 23.4 Å². The molecule has 0 radical (unpaired) electrons. The van der Waals surface area contributed by atoms with Gasteiger partial charge in [-0.05, 0) is 65.4 Å². The molecule has 0 saturated carbocycles. The lowest BCUT2D eigenvalue weighted by atomic mass is 9.93. The van der Waals surface area contributed by atoms with Gasteiger partial charge in [-0.25, -0.2) is 0 Å². The molecule has 3 unspecified atom stereocenters. The molecule has 0 spiro atoms. The van der Waals surface area contributed by atoms with Crippen LogP contribution in [0.25, 0.3) is 0 Å². The van der Waals surface area contributed by atoms with Crippen molar-refractivity contribution < 1.29 is 29.3 Å². The maximum Gasteiger partial charge on any atom is 0.307 e. The molecule has 6 nitrogen and oxygen atoms in total. The number of aliphatic hydroxyl groups excluding tert-OH is 1. The van der Waals surface area contributed by atoms with Crippen LogP contribution in [0.15, 0.2) is 71.6 Å². The van der Waals surface area contributed by atoms with Crippen molar-refractivity contribution >= 4 is 35.1 Å². The van der Waals surface area contributed by atoms with E-state index in [0.717, 1.165) is 33.8 Å². The number of carboxylic acids is 1. The lowest BCUT2D eigenvalue weighted by Crippen LogP contribution is -2.44. The summed E-state index contributed by atoms with van der Waals surface area (Å²) in [6.07, 6.45) is -0.794. The number of carbonyl (C=O) groups is 2. The molecule has 4 rings (SSSR count). The Balaban J connectivity index is 1.44. The fourth-order valence-electron chi connectivity index (χ4n) is 4.34. The van der Waals surface area contributed by atoms with Gasteiger partial charge in [0.15, 0.2) is 5.78 Å². The summed E-state index contributed by atoms with van der Waals surface area (Å²) < 4.78 is 11.9.